The molecule has 1 atom stereocenters. The number of nitrogens with zero attached hydrogens (tertiary/aromatic N) is 1. The Hall–Kier alpha value is -1.61. The van der Waals surface area contributed by atoms with Crippen molar-refractivity contribution in [1.29, 1.82) is 0 Å². The van der Waals surface area contributed by atoms with E-state index >= 15 is 0 Å². The van der Waals surface area contributed by atoms with Gasteiger partial charge in [0.1, 0.15) is 0 Å². The van der Waals surface area contributed by atoms with Gasteiger partial charge in [-0.3, -0.25) is 5.10 Å². The molecule has 1 aromatic carbocycles. The number of aliphatic hydroxyl groups excluding tert-OH is 1. The predicted molar refractivity (Wildman–Crippen MR) is 66.3 cm³/mol. The van der Waals surface area contributed by atoms with Gasteiger partial charge in [0.15, 0.2) is 0 Å². The number of aliphatic hydroxyl groups is 1. The summed E-state index contributed by atoms with van der Waals surface area (Å²) in [4.78, 5) is 0. The summed E-state index contributed by atoms with van der Waals surface area (Å²) in [7, 11) is 0. The van der Waals surface area contributed by atoms with Crippen LogP contribution in [0.15, 0.2) is 36.5 Å². The van der Waals surface area contributed by atoms with E-state index in [0.717, 1.165) is 23.2 Å². The second-order valence-electron chi connectivity index (χ2n) is 4.76. The topological polar surface area (TPSA) is 48.9 Å². The van der Waals surface area contributed by atoms with Crippen molar-refractivity contribution in [3.05, 3.63) is 42.1 Å². The van der Waals surface area contributed by atoms with E-state index in [1.165, 1.54) is 12.8 Å². The zero-order chi connectivity index (χ0) is 11.7. The SMILES string of the molecule is OC(CC1CC1)c1cn[nH]c1-c1ccccc1. The third-order valence-electron chi connectivity index (χ3n) is 3.34. The highest BCUT2D eigenvalue weighted by molar-refractivity contribution is 5.62. The van der Waals surface area contributed by atoms with Crippen LogP contribution in [0.4, 0.5) is 0 Å². The molecule has 17 heavy (non-hydrogen) atoms. The Balaban J connectivity index is 1.88. The Morgan fingerprint density at radius 3 is 2.76 bits per heavy atom. The van der Waals surface area contributed by atoms with E-state index in [2.05, 4.69) is 10.2 Å². The van der Waals surface area contributed by atoms with Crippen LogP contribution in [0, 0.1) is 5.92 Å². The van der Waals surface area contributed by atoms with Crippen LogP contribution in [-0.2, 0) is 0 Å². The number of benzene rings is 1. The van der Waals surface area contributed by atoms with E-state index < -0.39 is 6.10 Å². The molecule has 3 nitrogen and oxygen atoms in total. The largest absolute Gasteiger partial charge is 0.388 e. The van der Waals surface area contributed by atoms with Crippen LogP contribution in [0.1, 0.15) is 30.9 Å². The summed E-state index contributed by atoms with van der Waals surface area (Å²) in [5.74, 6) is 0.712. The van der Waals surface area contributed by atoms with Crippen LogP contribution in [0.2, 0.25) is 0 Å². The molecule has 0 saturated heterocycles. The molecule has 1 aliphatic rings. The number of aromatic amines is 1. The zero-order valence-corrected chi connectivity index (χ0v) is 9.63. The van der Waals surface area contributed by atoms with E-state index in [9.17, 15) is 5.11 Å². The van der Waals surface area contributed by atoms with Crippen LogP contribution in [0.25, 0.3) is 11.3 Å². The molecule has 1 heterocycles. The van der Waals surface area contributed by atoms with Crippen LogP contribution >= 0.6 is 0 Å². The molecular formula is C14H16N2O. The Bertz CT molecular complexity index is 488. The highest BCUT2D eigenvalue weighted by Crippen LogP contribution is 2.39. The first-order chi connectivity index (χ1) is 8.34. The van der Waals surface area contributed by atoms with Crippen molar-refractivity contribution in [3.8, 4) is 11.3 Å². The summed E-state index contributed by atoms with van der Waals surface area (Å²) in [5, 5.41) is 17.3. The van der Waals surface area contributed by atoms with Crippen molar-refractivity contribution >= 4 is 0 Å². The van der Waals surface area contributed by atoms with Gasteiger partial charge in [0.2, 0.25) is 0 Å². The van der Waals surface area contributed by atoms with Gasteiger partial charge in [-0.2, -0.15) is 5.10 Å². The molecule has 88 valence electrons. The number of hydrogen-bond donors (Lipinski definition) is 2. The van der Waals surface area contributed by atoms with Crippen molar-refractivity contribution in [1.82, 2.24) is 10.2 Å². The molecule has 0 bridgehead atoms. The van der Waals surface area contributed by atoms with Crippen molar-refractivity contribution in [3.63, 3.8) is 0 Å². The molecule has 1 saturated carbocycles. The lowest BCUT2D eigenvalue weighted by atomic mass is 10.0. The standard InChI is InChI=1S/C14H16N2O/c17-13(8-10-6-7-10)12-9-15-16-14(12)11-4-2-1-3-5-11/h1-5,9-10,13,17H,6-8H2,(H,15,16). The van der Waals surface area contributed by atoms with Crippen molar-refractivity contribution in [2.45, 2.75) is 25.4 Å². The Kier molecular flexibility index (Phi) is 2.69. The molecule has 2 aromatic rings. The van der Waals surface area contributed by atoms with Gasteiger partial charge in [0, 0.05) is 5.56 Å². The van der Waals surface area contributed by atoms with E-state index in [4.69, 9.17) is 0 Å². The van der Waals surface area contributed by atoms with Crippen LogP contribution in [-0.4, -0.2) is 15.3 Å². The maximum absolute atomic E-state index is 10.2. The second-order valence-corrected chi connectivity index (χ2v) is 4.76. The highest BCUT2D eigenvalue weighted by Gasteiger charge is 2.27. The lowest BCUT2D eigenvalue weighted by molar-refractivity contribution is 0.161. The lowest BCUT2D eigenvalue weighted by Crippen LogP contribution is -1.99. The van der Waals surface area contributed by atoms with E-state index in [-0.39, 0.29) is 0 Å². The molecule has 0 radical (unpaired) electrons. The number of aromatic nitrogens is 2. The third-order valence-corrected chi connectivity index (χ3v) is 3.34. The molecule has 2 N–H and O–H groups in total. The van der Waals surface area contributed by atoms with Crippen molar-refractivity contribution in [2.24, 2.45) is 5.92 Å². The normalized spacial score (nSPS) is 17.0. The first kappa shape index (κ1) is 10.5. The summed E-state index contributed by atoms with van der Waals surface area (Å²) >= 11 is 0. The first-order valence-electron chi connectivity index (χ1n) is 6.11. The number of rotatable bonds is 4. The minimum absolute atomic E-state index is 0.392. The van der Waals surface area contributed by atoms with Gasteiger partial charge in [-0.15, -0.1) is 0 Å². The van der Waals surface area contributed by atoms with Gasteiger partial charge in [-0.1, -0.05) is 43.2 Å². The Morgan fingerprint density at radius 2 is 2.06 bits per heavy atom. The zero-order valence-electron chi connectivity index (χ0n) is 9.63. The first-order valence-corrected chi connectivity index (χ1v) is 6.11. The molecule has 1 aliphatic carbocycles. The summed E-state index contributed by atoms with van der Waals surface area (Å²) in [5.41, 5.74) is 2.94. The fourth-order valence-electron chi connectivity index (χ4n) is 2.18. The number of nitrogens with one attached hydrogen (secondary N) is 1. The maximum Gasteiger partial charge on any atom is 0.0829 e. The summed E-state index contributed by atoms with van der Waals surface area (Å²) in [6.07, 6.45) is 4.73. The van der Waals surface area contributed by atoms with Gasteiger partial charge in [0.25, 0.3) is 0 Å². The van der Waals surface area contributed by atoms with E-state index in [1.54, 1.807) is 6.20 Å². The molecule has 3 rings (SSSR count). The molecule has 0 amide bonds. The molecule has 0 aliphatic heterocycles. The molecule has 1 unspecified atom stereocenters. The Morgan fingerprint density at radius 1 is 1.29 bits per heavy atom. The lowest BCUT2D eigenvalue weighted by Gasteiger charge is -2.10. The molecular weight excluding hydrogens is 212 g/mol. The fraction of sp³-hybridized carbons (Fsp3) is 0.357. The van der Waals surface area contributed by atoms with Crippen LogP contribution in [0.3, 0.4) is 0 Å². The van der Waals surface area contributed by atoms with Crippen molar-refractivity contribution in [2.75, 3.05) is 0 Å². The second kappa shape index (κ2) is 4.34. The fourth-order valence-corrected chi connectivity index (χ4v) is 2.18. The van der Waals surface area contributed by atoms with Crippen molar-refractivity contribution < 1.29 is 5.11 Å². The van der Waals surface area contributed by atoms with Gasteiger partial charge in [-0.05, 0) is 17.9 Å². The average molecular weight is 228 g/mol. The summed E-state index contributed by atoms with van der Waals surface area (Å²) in [6.45, 7) is 0. The minimum atomic E-state index is -0.392. The third kappa shape index (κ3) is 2.24. The number of hydrogen-bond acceptors (Lipinski definition) is 2. The molecule has 3 heteroatoms. The highest BCUT2D eigenvalue weighted by atomic mass is 16.3. The predicted octanol–water partition coefficient (Wildman–Crippen LogP) is 2.91. The van der Waals surface area contributed by atoms with Crippen LogP contribution < -0.4 is 0 Å². The molecule has 0 spiro atoms. The van der Waals surface area contributed by atoms with Gasteiger partial charge in [0.05, 0.1) is 18.0 Å². The van der Waals surface area contributed by atoms with E-state index in [1.807, 2.05) is 30.3 Å². The number of H-pyrrole nitrogens is 1. The van der Waals surface area contributed by atoms with Gasteiger partial charge >= 0.3 is 0 Å². The summed E-state index contributed by atoms with van der Waals surface area (Å²) in [6, 6.07) is 10.0. The van der Waals surface area contributed by atoms with Gasteiger partial charge < -0.3 is 5.11 Å². The minimum Gasteiger partial charge on any atom is -0.388 e. The monoisotopic (exact) mass is 228 g/mol. The Labute approximate surface area is 100 Å². The molecule has 1 aromatic heterocycles. The summed E-state index contributed by atoms with van der Waals surface area (Å²) < 4.78 is 0. The van der Waals surface area contributed by atoms with Gasteiger partial charge in [-0.25, -0.2) is 0 Å². The quantitative estimate of drug-likeness (QED) is 0.845. The maximum atomic E-state index is 10.2. The molecule has 1 fully saturated rings. The smallest absolute Gasteiger partial charge is 0.0829 e. The van der Waals surface area contributed by atoms with Crippen LogP contribution in [0.5, 0.6) is 0 Å². The average Bonchev–Trinajstić information content (AvgIpc) is 3.04. The van der Waals surface area contributed by atoms with E-state index in [0.29, 0.717) is 5.92 Å².